The van der Waals surface area contributed by atoms with Crippen molar-refractivity contribution in [3.05, 3.63) is 64.6 Å². The number of halogens is 1. The van der Waals surface area contributed by atoms with Crippen molar-refractivity contribution in [2.24, 2.45) is 0 Å². The van der Waals surface area contributed by atoms with E-state index in [1.54, 1.807) is 14.0 Å². The maximum absolute atomic E-state index is 12.1. The number of ether oxygens (including phenoxy) is 2. The molecule has 2 rings (SSSR count). The van der Waals surface area contributed by atoms with Gasteiger partial charge in [0, 0.05) is 5.69 Å². The molecule has 0 aromatic heterocycles. The van der Waals surface area contributed by atoms with Gasteiger partial charge in [0.2, 0.25) is 0 Å². The fourth-order valence-corrected chi connectivity index (χ4v) is 2.42. The first kappa shape index (κ1) is 17.1. The second-order valence-electron chi connectivity index (χ2n) is 4.63. The van der Waals surface area contributed by atoms with Crippen molar-refractivity contribution in [3.8, 4) is 5.75 Å². The minimum Gasteiger partial charge on any atom is -0.497 e. The van der Waals surface area contributed by atoms with Gasteiger partial charge in [0.1, 0.15) is 10.2 Å². The highest BCUT2D eigenvalue weighted by atomic mass is 79.9. The zero-order valence-corrected chi connectivity index (χ0v) is 14.6. The molecule has 0 fully saturated rings. The Morgan fingerprint density at radius 3 is 2.30 bits per heavy atom. The van der Waals surface area contributed by atoms with Gasteiger partial charge in [-0.15, -0.1) is 0 Å². The molecule has 5 heteroatoms. The third-order valence-electron chi connectivity index (χ3n) is 3.10. The molecule has 0 saturated heterocycles. The molecule has 0 spiro atoms. The SMILES string of the molecule is CCOC(=O)/C(Br)=C(\Nc1ccc(OC)cc1)c1ccccc1. The summed E-state index contributed by atoms with van der Waals surface area (Å²) in [5.74, 6) is 0.359. The predicted octanol–water partition coefficient (Wildman–Crippen LogP) is 4.43. The Morgan fingerprint density at radius 2 is 1.74 bits per heavy atom. The lowest BCUT2D eigenvalue weighted by Gasteiger charge is -2.14. The molecule has 0 atom stereocenters. The largest absolute Gasteiger partial charge is 0.497 e. The van der Waals surface area contributed by atoms with E-state index in [0.717, 1.165) is 17.0 Å². The van der Waals surface area contributed by atoms with Crippen LogP contribution in [-0.4, -0.2) is 19.7 Å². The standard InChI is InChI=1S/C18H18BrNO3/c1-3-23-18(21)16(19)17(13-7-5-4-6-8-13)20-14-9-11-15(22-2)12-10-14/h4-12,20H,3H2,1-2H3/b17-16+. The fraction of sp³-hybridized carbons (Fsp3) is 0.167. The van der Waals surface area contributed by atoms with Gasteiger partial charge in [-0.1, -0.05) is 30.3 Å². The van der Waals surface area contributed by atoms with Crippen LogP contribution in [0.4, 0.5) is 5.69 Å². The van der Waals surface area contributed by atoms with E-state index < -0.39 is 5.97 Å². The lowest BCUT2D eigenvalue weighted by Crippen LogP contribution is -2.10. The number of anilines is 1. The van der Waals surface area contributed by atoms with Gasteiger partial charge in [-0.3, -0.25) is 0 Å². The van der Waals surface area contributed by atoms with E-state index in [2.05, 4.69) is 21.2 Å². The molecular formula is C18H18BrNO3. The monoisotopic (exact) mass is 375 g/mol. The average molecular weight is 376 g/mol. The van der Waals surface area contributed by atoms with Gasteiger partial charge < -0.3 is 14.8 Å². The summed E-state index contributed by atoms with van der Waals surface area (Å²) >= 11 is 3.35. The molecule has 0 aliphatic heterocycles. The first-order valence-corrected chi connectivity index (χ1v) is 7.98. The summed E-state index contributed by atoms with van der Waals surface area (Å²) in [5, 5.41) is 3.26. The number of rotatable bonds is 6. The summed E-state index contributed by atoms with van der Waals surface area (Å²) in [7, 11) is 1.62. The van der Waals surface area contributed by atoms with Crippen molar-refractivity contribution in [3.63, 3.8) is 0 Å². The Morgan fingerprint density at radius 1 is 1.09 bits per heavy atom. The van der Waals surface area contributed by atoms with Gasteiger partial charge in [0.15, 0.2) is 0 Å². The molecule has 0 heterocycles. The molecule has 0 aliphatic carbocycles. The molecule has 2 aromatic rings. The average Bonchev–Trinajstić information content (AvgIpc) is 2.60. The zero-order chi connectivity index (χ0) is 16.7. The molecule has 0 amide bonds. The van der Waals surface area contributed by atoms with Gasteiger partial charge in [0.25, 0.3) is 0 Å². The van der Waals surface area contributed by atoms with Crippen LogP contribution in [0.1, 0.15) is 12.5 Å². The Bertz CT molecular complexity index is 681. The minimum atomic E-state index is -0.410. The van der Waals surface area contributed by atoms with Crippen LogP contribution in [-0.2, 0) is 9.53 Å². The summed E-state index contributed by atoms with van der Waals surface area (Å²) in [6.07, 6.45) is 0. The van der Waals surface area contributed by atoms with Crippen molar-refractivity contribution in [1.82, 2.24) is 0 Å². The normalized spacial score (nSPS) is 11.4. The van der Waals surface area contributed by atoms with E-state index in [1.807, 2.05) is 54.6 Å². The lowest BCUT2D eigenvalue weighted by atomic mass is 10.1. The van der Waals surface area contributed by atoms with Gasteiger partial charge in [-0.25, -0.2) is 4.79 Å². The van der Waals surface area contributed by atoms with Crippen LogP contribution in [0.25, 0.3) is 5.70 Å². The molecule has 23 heavy (non-hydrogen) atoms. The minimum absolute atomic E-state index is 0.318. The first-order valence-electron chi connectivity index (χ1n) is 7.19. The van der Waals surface area contributed by atoms with Gasteiger partial charge >= 0.3 is 5.97 Å². The molecule has 0 bridgehead atoms. The zero-order valence-electron chi connectivity index (χ0n) is 13.0. The van der Waals surface area contributed by atoms with Gasteiger partial charge in [-0.05, 0) is 52.7 Å². The highest BCUT2D eigenvalue weighted by molar-refractivity contribution is 9.12. The molecule has 0 unspecified atom stereocenters. The smallest absolute Gasteiger partial charge is 0.347 e. The number of carbonyl (C=O) groups excluding carboxylic acids is 1. The summed E-state index contributed by atoms with van der Waals surface area (Å²) in [5.41, 5.74) is 2.36. The fourth-order valence-electron chi connectivity index (χ4n) is 1.97. The summed E-state index contributed by atoms with van der Waals surface area (Å²) in [4.78, 5) is 12.1. The van der Waals surface area contributed by atoms with Crippen molar-refractivity contribution in [2.75, 3.05) is 19.0 Å². The third kappa shape index (κ3) is 4.60. The van der Waals surface area contributed by atoms with Gasteiger partial charge in [-0.2, -0.15) is 0 Å². The number of esters is 1. The van der Waals surface area contributed by atoms with Crippen LogP contribution in [0, 0.1) is 0 Å². The second kappa shape index (κ2) is 8.39. The van der Waals surface area contributed by atoms with Crippen molar-refractivity contribution >= 4 is 33.3 Å². The second-order valence-corrected chi connectivity index (χ2v) is 5.42. The summed E-state index contributed by atoms with van der Waals surface area (Å²) in [6.45, 7) is 2.09. The quantitative estimate of drug-likeness (QED) is 0.599. The third-order valence-corrected chi connectivity index (χ3v) is 3.82. The molecule has 2 aromatic carbocycles. The Balaban J connectivity index is 2.37. The Hall–Kier alpha value is -2.27. The summed E-state index contributed by atoms with van der Waals surface area (Å²) in [6, 6.07) is 17.1. The van der Waals surface area contributed by atoms with E-state index >= 15 is 0 Å². The lowest BCUT2D eigenvalue weighted by molar-refractivity contribution is -0.137. The van der Waals surface area contributed by atoms with E-state index in [4.69, 9.17) is 9.47 Å². The van der Waals surface area contributed by atoms with E-state index in [-0.39, 0.29) is 0 Å². The number of nitrogens with one attached hydrogen (secondary N) is 1. The molecule has 0 saturated carbocycles. The number of benzene rings is 2. The van der Waals surface area contributed by atoms with Crippen LogP contribution in [0.5, 0.6) is 5.75 Å². The summed E-state index contributed by atoms with van der Waals surface area (Å²) < 4.78 is 10.6. The highest BCUT2D eigenvalue weighted by Gasteiger charge is 2.16. The molecule has 4 nitrogen and oxygen atoms in total. The Kier molecular flexibility index (Phi) is 6.23. The van der Waals surface area contributed by atoms with Crippen LogP contribution in [0.2, 0.25) is 0 Å². The molecule has 120 valence electrons. The first-order chi connectivity index (χ1) is 11.2. The number of carbonyl (C=O) groups is 1. The van der Waals surface area contributed by atoms with Crippen molar-refractivity contribution in [2.45, 2.75) is 6.92 Å². The number of hydrogen-bond donors (Lipinski definition) is 1. The molecule has 0 aliphatic rings. The maximum Gasteiger partial charge on any atom is 0.347 e. The highest BCUT2D eigenvalue weighted by Crippen LogP contribution is 2.27. The van der Waals surface area contributed by atoms with Crippen LogP contribution < -0.4 is 10.1 Å². The predicted molar refractivity (Wildman–Crippen MR) is 95.5 cm³/mol. The molecule has 0 radical (unpaired) electrons. The van der Waals surface area contributed by atoms with Crippen LogP contribution in [0.15, 0.2) is 59.1 Å². The van der Waals surface area contributed by atoms with Crippen molar-refractivity contribution in [1.29, 1.82) is 0 Å². The van der Waals surface area contributed by atoms with Crippen LogP contribution in [0.3, 0.4) is 0 Å². The Labute approximate surface area is 144 Å². The molecular weight excluding hydrogens is 358 g/mol. The maximum atomic E-state index is 12.1. The van der Waals surface area contributed by atoms with Gasteiger partial charge in [0.05, 0.1) is 19.4 Å². The number of methoxy groups -OCH3 is 1. The molecule has 1 N–H and O–H groups in total. The number of hydrogen-bond acceptors (Lipinski definition) is 4. The van der Waals surface area contributed by atoms with E-state index in [1.165, 1.54) is 0 Å². The van der Waals surface area contributed by atoms with E-state index in [0.29, 0.717) is 16.8 Å². The van der Waals surface area contributed by atoms with E-state index in [9.17, 15) is 4.79 Å². The van der Waals surface area contributed by atoms with Crippen molar-refractivity contribution < 1.29 is 14.3 Å². The topological polar surface area (TPSA) is 47.6 Å². The van der Waals surface area contributed by atoms with Crippen LogP contribution >= 0.6 is 15.9 Å².